The van der Waals surface area contributed by atoms with Crippen LogP contribution in [0.4, 0.5) is 10.1 Å². The summed E-state index contributed by atoms with van der Waals surface area (Å²) in [7, 11) is 0. The van der Waals surface area contributed by atoms with E-state index in [1.54, 1.807) is 24.3 Å². The van der Waals surface area contributed by atoms with Crippen LogP contribution >= 0.6 is 11.6 Å². The molecule has 2 unspecified atom stereocenters. The molecule has 0 N–H and O–H groups in total. The van der Waals surface area contributed by atoms with Gasteiger partial charge in [0.25, 0.3) is 0 Å². The fourth-order valence-electron chi connectivity index (χ4n) is 3.68. The average molecular weight is 486 g/mol. The van der Waals surface area contributed by atoms with Gasteiger partial charge < -0.3 is 14.2 Å². The lowest BCUT2D eigenvalue weighted by molar-refractivity contribution is -0.386. The summed E-state index contributed by atoms with van der Waals surface area (Å²) in [6.07, 6.45) is -0.606. The number of esters is 1. The molecular weight excluding hydrogens is 465 g/mol. The first kappa shape index (κ1) is 23.5. The van der Waals surface area contributed by atoms with Gasteiger partial charge in [-0.1, -0.05) is 49.7 Å². The van der Waals surface area contributed by atoms with Crippen molar-refractivity contribution in [2.45, 2.75) is 26.6 Å². The van der Waals surface area contributed by atoms with Gasteiger partial charge in [0, 0.05) is 16.5 Å². The molecule has 7 nitrogen and oxygen atoms in total. The van der Waals surface area contributed by atoms with Gasteiger partial charge in [-0.05, 0) is 42.0 Å². The Labute approximate surface area is 200 Å². The zero-order chi connectivity index (χ0) is 24.5. The van der Waals surface area contributed by atoms with Crippen LogP contribution in [0.15, 0.2) is 66.7 Å². The van der Waals surface area contributed by atoms with Gasteiger partial charge in [0.2, 0.25) is 0 Å². The molecule has 1 fully saturated rings. The van der Waals surface area contributed by atoms with Crippen LogP contribution in [0.3, 0.4) is 0 Å². The summed E-state index contributed by atoms with van der Waals surface area (Å²) in [4.78, 5) is 23.5. The molecule has 0 aromatic heterocycles. The molecule has 0 heterocycles. The molecule has 0 spiro atoms. The highest BCUT2D eigenvalue weighted by Crippen LogP contribution is 2.55. The lowest BCUT2D eigenvalue weighted by Gasteiger charge is -2.10. The number of rotatable bonds is 8. The van der Waals surface area contributed by atoms with Crippen molar-refractivity contribution in [3.05, 3.63) is 93.2 Å². The van der Waals surface area contributed by atoms with E-state index in [1.165, 1.54) is 36.4 Å². The quantitative estimate of drug-likeness (QED) is 0.210. The van der Waals surface area contributed by atoms with Gasteiger partial charge in [0.1, 0.15) is 24.4 Å². The normalized spacial score (nSPS) is 18.1. The highest BCUT2D eigenvalue weighted by molar-refractivity contribution is 6.30. The van der Waals surface area contributed by atoms with E-state index in [0.717, 1.165) is 0 Å². The standard InChI is InChI=1S/C25H21ClFNO6/c1-25(2)22(23(25)34-20-11-9-16(26)13-19(20)28(30)31)24(29)32-14-15-8-10-18(27)21(12-15)33-17-6-4-3-5-7-17/h3-13,22-23H,14H2,1-2H3. The number of hydrogen-bond acceptors (Lipinski definition) is 6. The third-order valence-electron chi connectivity index (χ3n) is 5.70. The zero-order valence-corrected chi connectivity index (χ0v) is 19.1. The summed E-state index contributed by atoms with van der Waals surface area (Å²) >= 11 is 5.85. The second-order valence-electron chi connectivity index (χ2n) is 8.49. The lowest BCUT2D eigenvalue weighted by Crippen LogP contribution is -2.13. The number of ether oxygens (including phenoxy) is 3. The van der Waals surface area contributed by atoms with Crippen LogP contribution in [0.2, 0.25) is 5.02 Å². The van der Waals surface area contributed by atoms with Crippen LogP contribution < -0.4 is 9.47 Å². The molecule has 0 saturated heterocycles. The Balaban J connectivity index is 1.41. The van der Waals surface area contributed by atoms with Crippen molar-refractivity contribution < 1.29 is 28.3 Å². The third kappa shape index (κ3) is 4.97. The predicted octanol–water partition coefficient (Wildman–Crippen LogP) is 6.33. The summed E-state index contributed by atoms with van der Waals surface area (Å²) in [5.41, 5.74) is -0.320. The number of nitro benzene ring substituents is 1. The SMILES string of the molecule is CC1(C)C(Oc2ccc(Cl)cc2[N+](=O)[O-])C1C(=O)OCc1ccc(F)c(Oc2ccccc2)c1. The molecule has 3 aromatic carbocycles. The molecule has 1 saturated carbocycles. The van der Waals surface area contributed by atoms with E-state index in [9.17, 15) is 19.3 Å². The van der Waals surface area contributed by atoms with Gasteiger partial charge in [0.05, 0.1) is 4.92 Å². The van der Waals surface area contributed by atoms with Crippen LogP contribution in [0.1, 0.15) is 19.4 Å². The third-order valence-corrected chi connectivity index (χ3v) is 5.94. The van der Waals surface area contributed by atoms with Crippen molar-refractivity contribution >= 4 is 23.3 Å². The van der Waals surface area contributed by atoms with E-state index in [2.05, 4.69) is 0 Å². The van der Waals surface area contributed by atoms with Gasteiger partial charge >= 0.3 is 11.7 Å². The topological polar surface area (TPSA) is 87.9 Å². The molecule has 34 heavy (non-hydrogen) atoms. The first-order valence-electron chi connectivity index (χ1n) is 10.5. The maximum Gasteiger partial charge on any atom is 0.313 e. The van der Waals surface area contributed by atoms with Crippen LogP contribution in [-0.2, 0) is 16.1 Å². The van der Waals surface area contributed by atoms with E-state index in [0.29, 0.717) is 11.3 Å². The van der Waals surface area contributed by atoms with Crippen molar-refractivity contribution in [3.63, 3.8) is 0 Å². The Hall–Kier alpha value is -3.65. The maximum absolute atomic E-state index is 14.2. The summed E-state index contributed by atoms with van der Waals surface area (Å²) in [5.74, 6) is -1.15. The molecule has 9 heteroatoms. The van der Waals surface area contributed by atoms with E-state index in [4.69, 9.17) is 25.8 Å². The average Bonchev–Trinajstić information content (AvgIpc) is 3.35. The Bertz CT molecular complexity index is 1230. The second kappa shape index (κ2) is 9.30. The zero-order valence-electron chi connectivity index (χ0n) is 18.4. The number of nitrogens with zero attached hydrogens (tertiary/aromatic N) is 1. The smallest absolute Gasteiger partial charge is 0.313 e. The highest BCUT2D eigenvalue weighted by atomic mass is 35.5. The summed E-state index contributed by atoms with van der Waals surface area (Å²) < 4.78 is 31.0. The van der Waals surface area contributed by atoms with E-state index in [-0.39, 0.29) is 28.8 Å². The number of benzene rings is 3. The molecule has 0 aliphatic heterocycles. The number of para-hydroxylation sites is 1. The van der Waals surface area contributed by atoms with Crippen LogP contribution in [0.5, 0.6) is 17.2 Å². The number of halogens is 2. The summed E-state index contributed by atoms with van der Waals surface area (Å²) in [6.45, 7) is 3.54. The second-order valence-corrected chi connectivity index (χ2v) is 8.93. The molecule has 0 radical (unpaired) electrons. The van der Waals surface area contributed by atoms with Gasteiger partial charge in [-0.25, -0.2) is 4.39 Å². The number of hydrogen-bond donors (Lipinski definition) is 0. The minimum absolute atomic E-state index is 0.0164. The first-order valence-corrected chi connectivity index (χ1v) is 10.8. The Kier molecular flexibility index (Phi) is 6.43. The Morgan fingerprint density at radius 1 is 1.09 bits per heavy atom. The fraction of sp³-hybridized carbons (Fsp3) is 0.240. The van der Waals surface area contributed by atoms with Crippen molar-refractivity contribution in [2.75, 3.05) is 0 Å². The number of carbonyl (C=O) groups is 1. The number of nitro groups is 1. The van der Waals surface area contributed by atoms with Crippen LogP contribution in [0.25, 0.3) is 0 Å². The van der Waals surface area contributed by atoms with Crippen molar-refractivity contribution in [2.24, 2.45) is 11.3 Å². The fourth-order valence-corrected chi connectivity index (χ4v) is 3.85. The summed E-state index contributed by atoms with van der Waals surface area (Å²) in [5, 5.41) is 11.5. The molecule has 1 aliphatic carbocycles. The van der Waals surface area contributed by atoms with E-state index in [1.807, 2.05) is 19.9 Å². The van der Waals surface area contributed by atoms with Crippen molar-refractivity contribution in [1.29, 1.82) is 0 Å². The van der Waals surface area contributed by atoms with Crippen molar-refractivity contribution in [3.8, 4) is 17.2 Å². The van der Waals surface area contributed by atoms with Crippen LogP contribution in [0, 0.1) is 27.3 Å². The molecule has 2 atom stereocenters. The van der Waals surface area contributed by atoms with Gasteiger partial charge in [-0.2, -0.15) is 0 Å². The monoisotopic (exact) mass is 485 g/mol. The van der Waals surface area contributed by atoms with Crippen molar-refractivity contribution in [1.82, 2.24) is 0 Å². The van der Waals surface area contributed by atoms with Crippen LogP contribution in [-0.4, -0.2) is 17.0 Å². The molecule has 176 valence electrons. The molecular formula is C25H21ClFNO6. The Morgan fingerprint density at radius 3 is 2.53 bits per heavy atom. The first-order chi connectivity index (χ1) is 16.2. The Morgan fingerprint density at radius 2 is 1.82 bits per heavy atom. The van der Waals surface area contributed by atoms with Gasteiger partial charge in [0.15, 0.2) is 17.3 Å². The highest BCUT2D eigenvalue weighted by Gasteiger charge is 2.65. The van der Waals surface area contributed by atoms with Gasteiger partial charge in [-0.3, -0.25) is 14.9 Å². The molecule has 0 amide bonds. The number of carbonyl (C=O) groups excluding carboxylic acids is 1. The largest absolute Gasteiger partial charge is 0.482 e. The van der Waals surface area contributed by atoms with Gasteiger partial charge in [-0.15, -0.1) is 0 Å². The molecule has 0 bridgehead atoms. The van der Waals surface area contributed by atoms with E-state index < -0.39 is 34.1 Å². The van der Waals surface area contributed by atoms with E-state index >= 15 is 0 Å². The maximum atomic E-state index is 14.2. The molecule has 3 aromatic rings. The predicted molar refractivity (Wildman–Crippen MR) is 123 cm³/mol. The minimum Gasteiger partial charge on any atom is -0.482 e. The minimum atomic E-state index is -0.622. The lowest BCUT2D eigenvalue weighted by atomic mass is 10.1. The molecule has 1 aliphatic rings. The molecule has 4 rings (SSSR count). The summed E-state index contributed by atoms with van der Waals surface area (Å²) in [6, 6.07) is 17.1.